The summed E-state index contributed by atoms with van der Waals surface area (Å²) in [5.74, 6) is 0. The quantitative estimate of drug-likeness (QED) is 0.167. The van der Waals surface area contributed by atoms with Gasteiger partial charge >= 0.3 is 0 Å². The minimum atomic E-state index is -0.301. The molecule has 0 fully saturated rings. The molecular weight excluding hydrogens is 712 g/mol. The molecule has 276 valence electrons. The van der Waals surface area contributed by atoms with Crippen LogP contribution in [0.5, 0.6) is 0 Å². The summed E-state index contributed by atoms with van der Waals surface area (Å²) in [6, 6.07) is 62.5. The molecule has 59 heavy (non-hydrogen) atoms. The molecule has 0 aliphatic carbocycles. The van der Waals surface area contributed by atoms with Crippen LogP contribution in [0, 0.1) is 0 Å². The first kappa shape index (κ1) is 32.3. The summed E-state index contributed by atoms with van der Waals surface area (Å²) in [6.45, 7) is 10.0. The topological polar surface area (TPSA) is 11.4 Å². The Morgan fingerprint density at radius 2 is 0.814 bits per heavy atom. The smallest absolute Gasteiger partial charge is 0.246 e. The van der Waals surface area contributed by atoms with Crippen LogP contribution in [-0.2, 0) is 10.8 Å². The van der Waals surface area contributed by atoms with Crippen LogP contribution in [0.2, 0.25) is 0 Å². The lowest BCUT2D eigenvalue weighted by atomic mass is 9.33. The first-order valence-electron chi connectivity index (χ1n) is 21.2. The number of hydrogen-bond donors (Lipinski definition) is 0. The lowest BCUT2D eigenvalue weighted by molar-refractivity contribution is 0.623. The first-order valence-corrected chi connectivity index (χ1v) is 21.2. The van der Waals surface area contributed by atoms with Crippen molar-refractivity contribution in [1.29, 1.82) is 0 Å². The lowest BCUT2D eigenvalue weighted by Crippen LogP contribution is -2.63. The molecule has 0 saturated heterocycles. The third-order valence-electron chi connectivity index (χ3n) is 14.9. The summed E-state index contributed by atoms with van der Waals surface area (Å²) in [5, 5.41) is 2.57. The van der Waals surface area contributed by atoms with E-state index < -0.39 is 0 Å². The second-order valence-corrected chi connectivity index (χ2v) is 18.5. The highest BCUT2D eigenvalue weighted by molar-refractivity contribution is 6.99. The van der Waals surface area contributed by atoms with Gasteiger partial charge in [0.15, 0.2) is 0 Å². The Kier molecular flexibility index (Phi) is 5.83. The van der Waals surface area contributed by atoms with E-state index in [1.165, 1.54) is 117 Å². The number of nitrogens with zero attached hydrogens (tertiary/aromatic N) is 3. The number of rotatable bonds is 3. The van der Waals surface area contributed by atoms with E-state index >= 15 is 0 Å². The molecule has 0 N–H and O–H groups in total. The Hall–Kier alpha value is -6.71. The summed E-state index contributed by atoms with van der Waals surface area (Å²) in [7, 11) is 0. The molecular formula is C54H39B2N3. The Balaban J connectivity index is 1.16. The lowest BCUT2D eigenvalue weighted by Gasteiger charge is -2.57. The van der Waals surface area contributed by atoms with E-state index in [1.54, 1.807) is 0 Å². The third-order valence-corrected chi connectivity index (χ3v) is 14.9. The van der Waals surface area contributed by atoms with Crippen molar-refractivity contribution in [2.24, 2.45) is 0 Å². The molecule has 8 aromatic carbocycles. The van der Waals surface area contributed by atoms with Crippen LogP contribution in [0.3, 0.4) is 0 Å². The second-order valence-electron chi connectivity index (χ2n) is 18.5. The molecule has 0 spiro atoms. The highest BCUT2D eigenvalue weighted by atomic mass is 15.3. The maximum atomic E-state index is 2.75. The highest BCUT2D eigenvalue weighted by Gasteiger charge is 2.55. The Morgan fingerprint density at radius 1 is 0.356 bits per heavy atom. The molecule has 6 heterocycles. The molecule has 3 nitrogen and oxygen atoms in total. The van der Waals surface area contributed by atoms with Crippen molar-refractivity contribution in [3.8, 4) is 5.69 Å². The van der Waals surface area contributed by atoms with E-state index in [2.05, 4.69) is 206 Å². The number of fused-ring (bicyclic) bond motifs is 3. The van der Waals surface area contributed by atoms with Gasteiger partial charge in [0.1, 0.15) is 0 Å². The monoisotopic (exact) mass is 751 g/mol. The fourth-order valence-corrected chi connectivity index (χ4v) is 12.4. The van der Waals surface area contributed by atoms with Crippen molar-refractivity contribution in [3.63, 3.8) is 0 Å². The van der Waals surface area contributed by atoms with Gasteiger partial charge in [0.25, 0.3) is 0 Å². The van der Waals surface area contributed by atoms with Crippen molar-refractivity contribution in [2.75, 3.05) is 9.80 Å². The van der Waals surface area contributed by atoms with Gasteiger partial charge in [0.2, 0.25) is 13.4 Å². The van der Waals surface area contributed by atoms with Gasteiger partial charge in [-0.25, -0.2) is 0 Å². The Morgan fingerprint density at radius 3 is 1.39 bits per heavy atom. The molecule has 0 radical (unpaired) electrons. The molecule has 5 aliphatic heterocycles. The number of aromatic nitrogens is 1. The number of anilines is 6. The van der Waals surface area contributed by atoms with Crippen LogP contribution in [0.1, 0.15) is 49.9 Å². The molecule has 5 heteroatoms. The van der Waals surface area contributed by atoms with Crippen LogP contribution in [0.25, 0.3) is 27.5 Å². The van der Waals surface area contributed by atoms with E-state index in [4.69, 9.17) is 0 Å². The predicted octanol–water partition coefficient (Wildman–Crippen LogP) is 8.97. The highest BCUT2D eigenvalue weighted by Crippen LogP contribution is 2.66. The van der Waals surface area contributed by atoms with Crippen LogP contribution in [-0.4, -0.2) is 18.0 Å². The maximum Gasteiger partial charge on any atom is 0.246 e. The molecule has 0 saturated carbocycles. The molecule has 1 aromatic heterocycles. The first-order chi connectivity index (χ1) is 28.8. The van der Waals surface area contributed by atoms with E-state index in [-0.39, 0.29) is 24.3 Å². The SMILES string of the molecule is CC1(C)c2cccc3c2N2c4c(ccc5c4N4c6c(cc(-n7c8ccccc8c8ccccc87)cc6C5(C)C)B(c5ccccc5)c5ccc1c2c54)B3c1ccccc1. The molecule has 14 rings (SSSR count). The minimum Gasteiger partial charge on any atom is -0.309 e. The zero-order valence-electron chi connectivity index (χ0n) is 33.6. The molecule has 0 unspecified atom stereocenters. The molecule has 9 aromatic rings. The van der Waals surface area contributed by atoms with Gasteiger partial charge in [0, 0.05) is 38.7 Å². The van der Waals surface area contributed by atoms with Gasteiger partial charge in [-0.3, -0.25) is 0 Å². The van der Waals surface area contributed by atoms with Crippen molar-refractivity contribution in [3.05, 3.63) is 186 Å². The van der Waals surface area contributed by atoms with Crippen molar-refractivity contribution in [2.45, 2.75) is 38.5 Å². The van der Waals surface area contributed by atoms with Crippen LogP contribution >= 0.6 is 0 Å². The Bertz CT molecular complexity index is 3310. The summed E-state index contributed by atoms with van der Waals surface area (Å²) in [5.41, 5.74) is 25.1. The number of hydrogen-bond acceptors (Lipinski definition) is 2. The van der Waals surface area contributed by atoms with Gasteiger partial charge in [-0.05, 0) is 68.4 Å². The van der Waals surface area contributed by atoms with E-state index in [0.29, 0.717) is 0 Å². The van der Waals surface area contributed by atoms with Gasteiger partial charge in [-0.2, -0.15) is 0 Å². The third kappa shape index (κ3) is 3.71. The second kappa shape index (κ2) is 10.7. The molecule has 0 atom stereocenters. The van der Waals surface area contributed by atoms with Gasteiger partial charge in [-0.15, -0.1) is 0 Å². The van der Waals surface area contributed by atoms with E-state index in [0.717, 1.165) is 0 Å². The largest absolute Gasteiger partial charge is 0.309 e. The summed E-state index contributed by atoms with van der Waals surface area (Å²) in [4.78, 5) is 5.48. The van der Waals surface area contributed by atoms with Crippen molar-refractivity contribution >= 4 is 102 Å². The normalized spacial score (nSPS) is 16.3. The molecule has 0 bridgehead atoms. The maximum absolute atomic E-state index is 2.75. The summed E-state index contributed by atoms with van der Waals surface area (Å²) in [6.07, 6.45) is 0. The predicted molar refractivity (Wildman–Crippen MR) is 250 cm³/mol. The van der Waals surface area contributed by atoms with Crippen LogP contribution in [0.15, 0.2) is 164 Å². The average molecular weight is 752 g/mol. The van der Waals surface area contributed by atoms with E-state index in [9.17, 15) is 0 Å². The molecule has 0 amide bonds. The van der Waals surface area contributed by atoms with Crippen LogP contribution in [0.4, 0.5) is 34.1 Å². The zero-order chi connectivity index (χ0) is 39.1. The van der Waals surface area contributed by atoms with Crippen molar-refractivity contribution in [1.82, 2.24) is 4.57 Å². The zero-order valence-corrected chi connectivity index (χ0v) is 33.6. The fourth-order valence-electron chi connectivity index (χ4n) is 12.4. The molecule has 5 aliphatic rings. The van der Waals surface area contributed by atoms with E-state index in [1.807, 2.05) is 0 Å². The van der Waals surface area contributed by atoms with Crippen molar-refractivity contribution < 1.29 is 0 Å². The standard InChI is InChI=1S/C54H39B2N3/c1-53(2)37-22-15-23-41-47(37)58-49-38(53)26-29-43-52(49)59-48-40(54(3,4)39-27-28-42(51(58)50(39)59)55(41)32-16-7-5-8-17-32)30-34(31-44(48)56(43)33-18-9-6-10-19-33)57-45-24-13-11-20-35(45)36-21-12-14-25-46(36)57/h5-31H,1-4H3. The van der Waals surface area contributed by atoms with Gasteiger partial charge in [-0.1, -0.05) is 178 Å². The number of benzene rings is 8. The van der Waals surface area contributed by atoms with Gasteiger partial charge in [0.05, 0.1) is 33.8 Å². The minimum absolute atomic E-state index is 0.0400. The van der Waals surface area contributed by atoms with Crippen LogP contribution < -0.4 is 42.6 Å². The number of para-hydroxylation sites is 3. The summed E-state index contributed by atoms with van der Waals surface area (Å²) < 4.78 is 2.52. The fraction of sp³-hybridized carbons (Fsp3) is 0.111. The van der Waals surface area contributed by atoms with Gasteiger partial charge < -0.3 is 14.4 Å². The summed E-state index contributed by atoms with van der Waals surface area (Å²) >= 11 is 0. The average Bonchev–Trinajstić information content (AvgIpc) is 3.60. The Labute approximate surface area is 345 Å².